The molecule has 1 aliphatic carbocycles. The molecule has 3 heteroatoms. The number of anilines is 1. The molecule has 1 heterocycles. The van der Waals surface area contributed by atoms with Crippen molar-refractivity contribution in [1.29, 1.82) is 0 Å². The number of hydrogen-bond donors (Lipinski definition) is 2. The molecule has 1 aliphatic rings. The Hall–Kier alpha value is -1.77. The van der Waals surface area contributed by atoms with Crippen LogP contribution in [-0.2, 0) is 12.8 Å². The van der Waals surface area contributed by atoms with Gasteiger partial charge in [0.05, 0.1) is 5.69 Å². The summed E-state index contributed by atoms with van der Waals surface area (Å²) >= 11 is 0. The van der Waals surface area contributed by atoms with E-state index in [1.54, 1.807) is 0 Å². The van der Waals surface area contributed by atoms with Crippen molar-refractivity contribution in [3.05, 3.63) is 35.4 Å². The summed E-state index contributed by atoms with van der Waals surface area (Å²) in [6, 6.07) is 8.65. The molecule has 0 unspecified atom stereocenters. The zero-order chi connectivity index (χ0) is 12.4. The number of hydrogen-bond acceptors (Lipinski definition) is 2. The molecule has 3 rings (SSSR count). The topological polar surface area (TPSA) is 40.7 Å². The van der Waals surface area contributed by atoms with E-state index in [-0.39, 0.29) is 0 Å². The largest absolute Gasteiger partial charge is 0.368 e. The summed E-state index contributed by atoms with van der Waals surface area (Å²) in [6.07, 6.45) is 4.58. The third-order valence-corrected chi connectivity index (χ3v) is 3.57. The van der Waals surface area contributed by atoms with Crippen LogP contribution in [0, 0.1) is 0 Å². The maximum atomic E-state index is 4.44. The molecule has 0 atom stereocenters. The molecule has 0 fully saturated rings. The highest BCUT2D eigenvalue weighted by Gasteiger charge is 2.19. The average molecular weight is 241 g/mol. The van der Waals surface area contributed by atoms with E-state index < -0.39 is 0 Å². The van der Waals surface area contributed by atoms with Crippen molar-refractivity contribution in [2.75, 3.05) is 11.9 Å². The van der Waals surface area contributed by atoms with E-state index in [1.165, 1.54) is 28.8 Å². The second kappa shape index (κ2) is 4.84. The second-order valence-corrected chi connectivity index (χ2v) is 4.86. The van der Waals surface area contributed by atoms with E-state index in [1.807, 2.05) is 0 Å². The van der Waals surface area contributed by atoms with Crippen molar-refractivity contribution in [2.45, 2.75) is 32.6 Å². The Kier molecular flexibility index (Phi) is 3.05. The number of nitrogens with zero attached hydrogens (tertiary/aromatic N) is 1. The van der Waals surface area contributed by atoms with E-state index in [4.69, 9.17) is 0 Å². The van der Waals surface area contributed by atoms with Crippen LogP contribution in [0.4, 0.5) is 5.82 Å². The molecule has 2 N–H and O–H groups in total. The van der Waals surface area contributed by atoms with Gasteiger partial charge in [-0.3, -0.25) is 5.10 Å². The van der Waals surface area contributed by atoms with Gasteiger partial charge in [0.15, 0.2) is 5.82 Å². The monoisotopic (exact) mass is 241 g/mol. The predicted molar refractivity (Wildman–Crippen MR) is 74.8 cm³/mol. The molecule has 0 spiro atoms. The molecule has 0 saturated carbocycles. The molecule has 18 heavy (non-hydrogen) atoms. The van der Waals surface area contributed by atoms with E-state index in [0.717, 1.165) is 31.6 Å². The fraction of sp³-hybridized carbons (Fsp3) is 0.400. The Morgan fingerprint density at radius 3 is 3.06 bits per heavy atom. The molecule has 2 aromatic rings. The van der Waals surface area contributed by atoms with Crippen molar-refractivity contribution in [3.63, 3.8) is 0 Å². The molecule has 0 aliphatic heterocycles. The molecule has 1 aromatic heterocycles. The Bertz CT molecular complexity index is 542. The SMILES string of the molecule is CCCNc1n[nH]c2c1CCCc1ccccc1-2. The third-order valence-electron chi connectivity index (χ3n) is 3.57. The lowest BCUT2D eigenvalue weighted by atomic mass is 10.0. The number of aromatic nitrogens is 2. The second-order valence-electron chi connectivity index (χ2n) is 4.86. The minimum atomic E-state index is 0.985. The van der Waals surface area contributed by atoms with Gasteiger partial charge in [0, 0.05) is 17.7 Å². The molecule has 94 valence electrons. The normalized spacial score (nSPS) is 13.6. The van der Waals surface area contributed by atoms with Crippen molar-refractivity contribution in [1.82, 2.24) is 10.2 Å². The molecule has 1 aromatic carbocycles. The van der Waals surface area contributed by atoms with Gasteiger partial charge in [-0.25, -0.2) is 0 Å². The fourth-order valence-electron chi connectivity index (χ4n) is 2.66. The van der Waals surface area contributed by atoms with E-state index >= 15 is 0 Å². The quantitative estimate of drug-likeness (QED) is 0.864. The third kappa shape index (κ3) is 1.90. The van der Waals surface area contributed by atoms with Crippen LogP contribution in [0.5, 0.6) is 0 Å². The first kappa shape index (κ1) is 11.3. The number of H-pyrrole nitrogens is 1. The molecule has 0 bridgehead atoms. The van der Waals surface area contributed by atoms with Gasteiger partial charge in [-0.2, -0.15) is 5.10 Å². The molecule has 3 nitrogen and oxygen atoms in total. The highest BCUT2D eigenvalue weighted by molar-refractivity contribution is 5.72. The standard InChI is InChI=1S/C15H19N3/c1-2-10-16-15-13-9-5-7-11-6-3-4-8-12(11)14(13)17-18-15/h3-4,6,8H,2,5,7,9-10H2,1H3,(H2,16,17,18). The number of rotatable bonds is 3. The highest BCUT2D eigenvalue weighted by atomic mass is 15.2. The van der Waals surface area contributed by atoms with Gasteiger partial charge in [-0.05, 0) is 31.2 Å². The fourth-order valence-corrected chi connectivity index (χ4v) is 2.66. The summed E-state index contributed by atoms with van der Waals surface area (Å²) < 4.78 is 0. The Balaban J connectivity index is 2.03. The number of aromatic amines is 1. The molecular weight excluding hydrogens is 222 g/mol. The lowest BCUT2D eigenvalue weighted by Gasteiger charge is -2.05. The van der Waals surface area contributed by atoms with Crippen molar-refractivity contribution in [3.8, 4) is 11.3 Å². The number of aryl methyl sites for hydroxylation is 1. The van der Waals surface area contributed by atoms with E-state index in [9.17, 15) is 0 Å². The molecule has 0 amide bonds. The van der Waals surface area contributed by atoms with Gasteiger partial charge < -0.3 is 5.32 Å². The zero-order valence-electron chi connectivity index (χ0n) is 10.8. The van der Waals surface area contributed by atoms with Crippen LogP contribution in [0.1, 0.15) is 30.9 Å². The lowest BCUT2D eigenvalue weighted by molar-refractivity contribution is 0.832. The van der Waals surface area contributed by atoms with Gasteiger partial charge in [0.2, 0.25) is 0 Å². The number of benzene rings is 1. The van der Waals surface area contributed by atoms with Gasteiger partial charge in [0.25, 0.3) is 0 Å². The van der Waals surface area contributed by atoms with Crippen LogP contribution in [0.25, 0.3) is 11.3 Å². The highest BCUT2D eigenvalue weighted by Crippen LogP contribution is 2.34. The first-order valence-corrected chi connectivity index (χ1v) is 6.79. The summed E-state index contributed by atoms with van der Waals surface area (Å²) in [5.41, 5.74) is 5.32. The average Bonchev–Trinajstić information content (AvgIpc) is 2.70. The summed E-state index contributed by atoms with van der Waals surface area (Å²) in [4.78, 5) is 0. The zero-order valence-corrected chi connectivity index (χ0v) is 10.8. The first-order valence-electron chi connectivity index (χ1n) is 6.79. The van der Waals surface area contributed by atoms with Crippen LogP contribution in [0.15, 0.2) is 24.3 Å². The van der Waals surface area contributed by atoms with Crippen LogP contribution in [0.2, 0.25) is 0 Å². The van der Waals surface area contributed by atoms with Gasteiger partial charge in [0.1, 0.15) is 0 Å². The molecule has 0 saturated heterocycles. The smallest absolute Gasteiger partial charge is 0.151 e. The molecular formula is C15H19N3. The van der Waals surface area contributed by atoms with Crippen molar-refractivity contribution < 1.29 is 0 Å². The van der Waals surface area contributed by atoms with Gasteiger partial charge in [-0.15, -0.1) is 0 Å². The summed E-state index contributed by atoms with van der Waals surface area (Å²) in [5.74, 6) is 1.04. The summed E-state index contributed by atoms with van der Waals surface area (Å²) in [7, 11) is 0. The minimum absolute atomic E-state index is 0.985. The van der Waals surface area contributed by atoms with Crippen LogP contribution in [-0.4, -0.2) is 16.7 Å². The number of nitrogens with one attached hydrogen (secondary N) is 2. The van der Waals surface area contributed by atoms with Crippen molar-refractivity contribution in [2.24, 2.45) is 0 Å². The summed E-state index contributed by atoms with van der Waals surface area (Å²) in [5, 5.41) is 11.1. The van der Waals surface area contributed by atoms with Crippen LogP contribution < -0.4 is 5.32 Å². The van der Waals surface area contributed by atoms with Crippen LogP contribution >= 0.6 is 0 Å². The van der Waals surface area contributed by atoms with Gasteiger partial charge >= 0.3 is 0 Å². The maximum absolute atomic E-state index is 4.44. The van der Waals surface area contributed by atoms with Crippen LogP contribution in [0.3, 0.4) is 0 Å². The first-order chi connectivity index (χ1) is 8.90. The number of fused-ring (bicyclic) bond motifs is 3. The predicted octanol–water partition coefficient (Wildman–Crippen LogP) is 3.39. The minimum Gasteiger partial charge on any atom is -0.368 e. The van der Waals surface area contributed by atoms with Gasteiger partial charge in [-0.1, -0.05) is 31.2 Å². The molecule has 0 radical (unpaired) electrons. The Labute approximate surface area is 108 Å². The Morgan fingerprint density at radius 1 is 1.28 bits per heavy atom. The summed E-state index contributed by atoms with van der Waals surface area (Å²) in [6.45, 7) is 3.16. The maximum Gasteiger partial charge on any atom is 0.151 e. The van der Waals surface area contributed by atoms with E-state index in [2.05, 4.69) is 46.7 Å². The van der Waals surface area contributed by atoms with E-state index in [0.29, 0.717) is 0 Å². The lowest BCUT2D eigenvalue weighted by Crippen LogP contribution is -2.02. The Morgan fingerprint density at radius 2 is 2.17 bits per heavy atom. The van der Waals surface area contributed by atoms with Crippen molar-refractivity contribution >= 4 is 5.82 Å².